The number of nitrogens with zero attached hydrogens (tertiary/aromatic N) is 2. The Hall–Kier alpha value is -2.08. The number of amides is 3. The molecule has 2 saturated heterocycles. The van der Waals surface area contributed by atoms with Crippen molar-refractivity contribution in [1.82, 2.24) is 15.1 Å². The first-order valence-corrected chi connectivity index (χ1v) is 9.61. The van der Waals surface area contributed by atoms with Crippen molar-refractivity contribution in [2.45, 2.75) is 38.7 Å². The molecule has 3 amide bonds. The molecule has 1 aromatic carbocycles. The number of rotatable bonds is 4. The summed E-state index contributed by atoms with van der Waals surface area (Å²) in [4.78, 5) is 28.7. The second-order valence-electron chi connectivity index (χ2n) is 7.43. The highest BCUT2D eigenvalue weighted by molar-refractivity contribution is 5.81. The van der Waals surface area contributed by atoms with Gasteiger partial charge in [0.1, 0.15) is 0 Å². The maximum absolute atomic E-state index is 12.5. The summed E-state index contributed by atoms with van der Waals surface area (Å²) in [7, 11) is 0. The molecule has 2 aliphatic heterocycles. The number of aliphatic hydroxyl groups is 1. The molecule has 2 heterocycles. The minimum Gasteiger partial charge on any atom is -0.387 e. The molecule has 0 unspecified atom stereocenters. The molecule has 0 aliphatic carbocycles. The van der Waals surface area contributed by atoms with E-state index in [0.29, 0.717) is 6.54 Å². The Bertz CT molecular complexity index is 626. The van der Waals surface area contributed by atoms with E-state index < -0.39 is 6.10 Å². The maximum Gasteiger partial charge on any atom is 0.320 e. The maximum atomic E-state index is 12.5. The number of benzene rings is 1. The topological polar surface area (TPSA) is 72.9 Å². The van der Waals surface area contributed by atoms with Crippen LogP contribution in [0.15, 0.2) is 24.3 Å². The van der Waals surface area contributed by atoms with Gasteiger partial charge in [-0.2, -0.15) is 0 Å². The number of likely N-dealkylation sites (tertiary alicyclic amines) is 2. The lowest BCUT2D eigenvalue weighted by Crippen LogP contribution is -2.49. The zero-order valence-electron chi connectivity index (χ0n) is 15.5. The molecule has 2 N–H and O–H groups in total. The fourth-order valence-corrected chi connectivity index (χ4v) is 3.72. The van der Waals surface area contributed by atoms with Crippen LogP contribution in [0.4, 0.5) is 4.79 Å². The minimum atomic E-state index is -0.717. The largest absolute Gasteiger partial charge is 0.387 e. The van der Waals surface area contributed by atoms with Crippen molar-refractivity contribution in [3.8, 4) is 0 Å². The quantitative estimate of drug-likeness (QED) is 0.864. The monoisotopic (exact) mass is 359 g/mol. The van der Waals surface area contributed by atoms with Crippen LogP contribution in [0.1, 0.15) is 42.9 Å². The summed E-state index contributed by atoms with van der Waals surface area (Å²) in [6.45, 7) is 5.05. The summed E-state index contributed by atoms with van der Waals surface area (Å²) in [6, 6.07) is 7.72. The predicted molar refractivity (Wildman–Crippen MR) is 99.6 cm³/mol. The Labute approximate surface area is 155 Å². The molecule has 0 saturated carbocycles. The predicted octanol–water partition coefficient (Wildman–Crippen LogP) is 2.07. The first-order chi connectivity index (χ1) is 12.5. The van der Waals surface area contributed by atoms with E-state index >= 15 is 0 Å². The third kappa shape index (κ3) is 4.55. The third-order valence-electron chi connectivity index (χ3n) is 5.37. The van der Waals surface area contributed by atoms with E-state index in [1.54, 1.807) is 0 Å². The van der Waals surface area contributed by atoms with E-state index in [0.717, 1.165) is 56.4 Å². The number of carbonyl (C=O) groups excluding carboxylic acids is 2. The molecule has 26 heavy (non-hydrogen) atoms. The van der Waals surface area contributed by atoms with Crippen LogP contribution in [0.5, 0.6) is 0 Å². The molecule has 0 spiro atoms. The Morgan fingerprint density at radius 1 is 1.12 bits per heavy atom. The Morgan fingerprint density at radius 3 is 2.46 bits per heavy atom. The van der Waals surface area contributed by atoms with E-state index in [1.165, 1.54) is 0 Å². The second-order valence-corrected chi connectivity index (χ2v) is 7.43. The number of carbonyl (C=O) groups is 2. The van der Waals surface area contributed by atoms with Crippen molar-refractivity contribution in [2.24, 2.45) is 5.92 Å². The van der Waals surface area contributed by atoms with Crippen molar-refractivity contribution in [3.63, 3.8) is 0 Å². The van der Waals surface area contributed by atoms with E-state index in [-0.39, 0.29) is 24.4 Å². The number of urea groups is 1. The fourth-order valence-electron chi connectivity index (χ4n) is 3.72. The summed E-state index contributed by atoms with van der Waals surface area (Å²) in [5.74, 6) is -0.268. The molecule has 142 valence electrons. The van der Waals surface area contributed by atoms with Gasteiger partial charge in [-0.3, -0.25) is 4.79 Å². The van der Waals surface area contributed by atoms with Crippen LogP contribution in [-0.4, -0.2) is 59.6 Å². The number of aryl methyl sites for hydroxylation is 1. The van der Waals surface area contributed by atoms with Crippen LogP contribution < -0.4 is 5.32 Å². The first-order valence-electron chi connectivity index (χ1n) is 9.61. The zero-order chi connectivity index (χ0) is 18.5. The van der Waals surface area contributed by atoms with Crippen molar-refractivity contribution in [1.29, 1.82) is 0 Å². The van der Waals surface area contributed by atoms with E-state index in [2.05, 4.69) is 5.32 Å². The highest BCUT2D eigenvalue weighted by atomic mass is 16.3. The molecule has 1 aromatic rings. The van der Waals surface area contributed by atoms with Gasteiger partial charge in [-0.05, 0) is 38.2 Å². The molecule has 6 nitrogen and oxygen atoms in total. The van der Waals surface area contributed by atoms with E-state index in [9.17, 15) is 14.7 Å². The average molecular weight is 359 g/mol. The average Bonchev–Trinajstić information content (AvgIpc) is 3.20. The second kappa shape index (κ2) is 8.54. The van der Waals surface area contributed by atoms with Crippen LogP contribution in [0.25, 0.3) is 0 Å². The molecule has 3 rings (SSSR count). The molecule has 2 fully saturated rings. The van der Waals surface area contributed by atoms with Crippen LogP contribution in [0.3, 0.4) is 0 Å². The molecular weight excluding hydrogens is 330 g/mol. The van der Waals surface area contributed by atoms with Crippen molar-refractivity contribution < 1.29 is 14.7 Å². The van der Waals surface area contributed by atoms with Gasteiger partial charge in [0, 0.05) is 32.7 Å². The summed E-state index contributed by atoms with van der Waals surface area (Å²) in [5, 5.41) is 13.1. The molecule has 0 radical (unpaired) electrons. The van der Waals surface area contributed by atoms with Gasteiger partial charge in [0.05, 0.1) is 12.0 Å². The molecule has 2 atom stereocenters. The lowest BCUT2D eigenvalue weighted by atomic mass is 9.97. The van der Waals surface area contributed by atoms with Gasteiger partial charge < -0.3 is 20.2 Å². The van der Waals surface area contributed by atoms with Gasteiger partial charge in [-0.25, -0.2) is 4.79 Å². The van der Waals surface area contributed by atoms with Gasteiger partial charge in [0.2, 0.25) is 5.91 Å². The van der Waals surface area contributed by atoms with Crippen LogP contribution in [0, 0.1) is 12.8 Å². The smallest absolute Gasteiger partial charge is 0.320 e. The third-order valence-corrected chi connectivity index (χ3v) is 5.37. The summed E-state index contributed by atoms with van der Waals surface area (Å²) < 4.78 is 0. The van der Waals surface area contributed by atoms with Gasteiger partial charge >= 0.3 is 6.03 Å². The highest BCUT2D eigenvalue weighted by Gasteiger charge is 2.31. The van der Waals surface area contributed by atoms with E-state index in [4.69, 9.17) is 0 Å². The zero-order valence-corrected chi connectivity index (χ0v) is 15.5. The SMILES string of the molecule is Cc1ccc([C@@H](O)CNC(=O)[C@H]2CCCN(C(=O)N3CCCC3)C2)cc1. The molecular formula is C20H29N3O3. The number of piperidine rings is 1. The number of hydrogen-bond donors (Lipinski definition) is 2. The van der Waals surface area contributed by atoms with Crippen molar-refractivity contribution in [2.75, 3.05) is 32.7 Å². The van der Waals surface area contributed by atoms with E-state index in [1.807, 2.05) is 41.0 Å². The molecule has 0 bridgehead atoms. The van der Waals surface area contributed by atoms with Crippen LogP contribution in [0.2, 0.25) is 0 Å². The lowest BCUT2D eigenvalue weighted by molar-refractivity contribution is -0.126. The standard InChI is InChI=1S/C20H29N3O3/c1-15-6-8-16(9-7-15)18(24)13-21-19(25)17-5-4-12-23(14-17)20(26)22-10-2-3-11-22/h6-9,17-18,24H,2-5,10-14H2,1H3,(H,21,25)/t17-,18-/m0/s1. The number of hydrogen-bond acceptors (Lipinski definition) is 3. The normalized spacial score (nSPS) is 21.5. The first kappa shape index (κ1) is 18.7. The van der Waals surface area contributed by atoms with Gasteiger partial charge in [0.15, 0.2) is 0 Å². The number of aliphatic hydroxyl groups excluding tert-OH is 1. The minimum absolute atomic E-state index is 0.0692. The van der Waals surface area contributed by atoms with Gasteiger partial charge in [-0.15, -0.1) is 0 Å². The Morgan fingerprint density at radius 2 is 1.77 bits per heavy atom. The highest BCUT2D eigenvalue weighted by Crippen LogP contribution is 2.20. The van der Waals surface area contributed by atoms with Gasteiger partial charge in [0.25, 0.3) is 0 Å². The van der Waals surface area contributed by atoms with Gasteiger partial charge in [-0.1, -0.05) is 29.8 Å². The summed E-state index contributed by atoms with van der Waals surface area (Å²) in [6.07, 6.45) is 3.06. The van der Waals surface area contributed by atoms with Crippen molar-refractivity contribution >= 4 is 11.9 Å². The molecule has 2 aliphatic rings. The summed E-state index contributed by atoms with van der Waals surface area (Å²) in [5.41, 5.74) is 1.93. The molecule has 6 heteroatoms. The van der Waals surface area contributed by atoms with Crippen LogP contribution >= 0.6 is 0 Å². The lowest BCUT2D eigenvalue weighted by Gasteiger charge is -2.34. The molecule has 0 aromatic heterocycles. The Kier molecular flexibility index (Phi) is 6.14. The van der Waals surface area contributed by atoms with Crippen molar-refractivity contribution in [3.05, 3.63) is 35.4 Å². The Balaban J connectivity index is 1.49. The van der Waals surface area contributed by atoms with Crippen LogP contribution in [-0.2, 0) is 4.79 Å². The number of nitrogens with one attached hydrogen (secondary N) is 1. The fraction of sp³-hybridized carbons (Fsp3) is 0.600. The summed E-state index contributed by atoms with van der Waals surface area (Å²) >= 11 is 0.